The zero-order valence-corrected chi connectivity index (χ0v) is 10.8. The summed E-state index contributed by atoms with van der Waals surface area (Å²) in [6.45, 7) is 2.59. The van der Waals surface area contributed by atoms with Crippen LogP contribution < -0.4 is 11.1 Å². The first-order valence-electron chi connectivity index (χ1n) is 5.77. The van der Waals surface area contributed by atoms with Crippen LogP contribution in [0, 0.1) is 5.41 Å². The van der Waals surface area contributed by atoms with Crippen molar-refractivity contribution in [2.75, 3.05) is 13.2 Å². The lowest BCUT2D eigenvalue weighted by Crippen LogP contribution is -2.40. The van der Waals surface area contributed by atoms with Crippen molar-refractivity contribution in [1.82, 2.24) is 5.32 Å². The van der Waals surface area contributed by atoms with E-state index in [1.165, 1.54) is 0 Å². The number of nitrogens with one attached hydrogen (secondary N) is 1. The van der Waals surface area contributed by atoms with Gasteiger partial charge in [0.15, 0.2) is 0 Å². The number of carbonyl (C=O) groups excluding carboxylic acids is 2. The van der Waals surface area contributed by atoms with E-state index in [0.29, 0.717) is 26.0 Å². The van der Waals surface area contributed by atoms with Crippen LogP contribution in [0.5, 0.6) is 0 Å². The summed E-state index contributed by atoms with van der Waals surface area (Å²) in [6, 6.07) is 0. The Balaban J connectivity index is 2.17. The third kappa shape index (κ3) is 3.66. The maximum atomic E-state index is 11.7. The van der Waals surface area contributed by atoms with E-state index in [9.17, 15) is 9.59 Å². The van der Waals surface area contributed by atoms with Gasteiger partial charge in [0, 0.05) is 13.0 Å². The highest BCUT2D eigenvalue weighted by Crippen LogP contribution is 2.46. The summed E-state index contributed by atoms with van der Waals surface area (Å²) in [5.41, 5.74) is 4.91. The molecular formula is C11H18N2O3S. The number of ether oxygens (including phenoxy) is 1. The smallest absolute Gasteiger partial charge is 0.305 e. The molecule has 1 rings (SSSR count). The summed E-state index contributed by atoms with van der Waals surface area (Å²) in [4.78, 5) is 23.0. The van der Waals surface area contributed by atoms with E-state index in [4.69, 9.17) is 22.7 Å². The van der Waals surface area contributed by atoms with E-state index >= 15 is 0 Å². The first-order chi connectivity index (χ1) is 8.03. The second-order valence-electron chi connectivity index (χ2n) is 4.11. The molecule has 96 valence electrons. The number of hydrogen-bond donors (Lipinski definition) is 2. The number of hydrogen-bond acceptors (Lipinski definition) is 4. The summed E-state index contributed by atoms with van der Waals surface area (Å²) in [7, 11) is 0. The average Bonchev–Trinajstić information content (AvgIpc) is 3.05. The first kappa shape index (κ1) is 13.9. The fourth-order valence-electron chi connectivity index (χ4n) is 1.55. The second-order valence-corrected chi connectivity index (χ2v) is 4.55. The van der Waals surface area contributed by atoms with Crippen LogP contribution in [0.15, 0.2) is 0 Å². The minimum Gasteiger partial charge on any atom is -0.466 e. The largest absolute Gasteiger partial charge is 0.466 e. The molecule has 1 amide bonds. The highest BCUT2D eigenvalue weighted by Gasteiger charge is 2.52. The molecule has 5 nitrogen and oxygen atoms in total. The first-order valence-corrected chi connectivity index (χ1v) is 6.17. The van der Waals surface area contributed by atoms with Crippen LogP contribution in [0.25, 0.3) is 0 Å². The molecule has 0 saturated heterocycles. The molecule has 0 bridgehead atoms. The second kappa shape index (κ2) is 5.95. The van der Waals surface area contributed by atoms with Gasteiger partial charge in [-0.05, 0) is 26.2 Å². The highest BCUT2D eigenvalue weighted by atomic mass is 32.1. The van der Waals surface area contributed by atoms with Gasteiger partial charge in [-0.3, -0.25) is 9.59 Å². The number of nitrogens with two attached hydrogens (primary N) is 1. The number of rotatable bonds is 7. The lowest BCUT2D eigenvalue weighted by molar-refractivity contribution is -0.143. The quantitative estimate of drug-likeness (QED) is 0.395. The van der Waals surface area contributed by atoms with Gasteiger partial charge >= 0.3 is 5.97 Å². The number of carbonyl (C=O) groups is 2. The summed E-state index contributed by atoms with van der Waals surface area (Å²) >= 11 is 4.87. The minimum absolute atomic E-state index is 0.117. The van der Waals surface area contributed by atoms with Crippen LogP contribution in [0.3, 0.4) is 0 Å². The SMILES string of the molecule is CCOC(=O)CCCNC(=O)C1(C(N)=S)CC1. The summed E-state index contributed by atoms with van der Waals surface area (Å²) < 4.78 is 4.77. The molecule has 0 aromatic rings. The van der Waals surface area contributed by atoms with Crippen LogP contribution in [0.2, 0.25) is 0 Å². The molecule has 0 aromatic heterocycles. The Hall–Kier alpha value is -1.17. The lowest BCUT2D eigenvalue weighted by Gasteiger charge is -2.13. The van der Waals surface area contributed by atoms with Gasteiger partial charge in [0.05, 0.1) is 17.0 Å². The fourth-order valence-corrected chi connectivity index (χ4v) is 1.84. The van der Waals surface area contributed by atoms with E-state index in [1.54, 1.807) is 6.92 Å². The average molecular weight is 258 g/mol. The Morgan fingerprint density at radius 1 is 1.47 bits per heavy atom. The molecule has 1 aliphatic carbocycles. The highest BCUT2D eigenvalue weighted by molar-refractivity contribution is 7.80. The molecule has 0 aromatic carbocycles. The predicted octanol–water partition coefficient (Wildman–Crippen LogP) is 0.512. The van der Waals surface area contributed by atoms with Crippen LogP contribution in [0.4, 0.5) is 0 Å². The van der Waals surface area contributed by atoms with Gasteiger partial charge in [-0.15, -0.1) is 0 Å². The third-order valence-electron chi connectivity index (χ3n) is 2.80. The molecule has 0 radical (unpaired) electrons. The van der Waals surface area contributed by atoms with Crippen molar-refractivity contribution in [1.29, 1.82) is 0 Å². The van der Waals surface area contributed by atoms with Gasteiger partial charge in [0.2, 0.25) is 5.91 Å². The minimum atomic E-state index is -0.612. The summed E-state index contributed by atoms with van der Waals surface area (Å²) in [5.74, 6) is -0.355. The van der Waals surface area contributed by atoms with Crippen molar-refractivity contribution in [3.63, 3.8) is 0 Å². The molecule has 6 heteroatoms. The normalized spacial score (nSPS) is 16.1. The monoisotopic (exact) mass is 258 g/mol. The fraction of sp³-hybridized carbons (Fsp3) is 0.727. The van der Waals surface area contributed by atoms with Gasteiger partial charge in [-0.2, -0.15) is 0 Å². The molecule has 0 unspecified atom stereocenters. The van der Waals surface area contributed by atoms with Crippen molar-refractivity contribution in [2.45, 2.75) is 32.6 Å². The third-order valence-corrected chi connectivity index (χ3v) is 3.20. The molecular weight excluding hydrogens is 240 g/mol. The van der Waals surface area contributed by atoms with E-state index < -0.39 is 5.41 Å². The lowest BCUT2D eigenvalue weighted by atomic mass is 10.1. The van der Waals surface area contributed by atoms with Crippen molar-refractivity contribution in [2.24, 2.45) is 11.1 Å². The van der Waals surface area contributed by atoms with Gasteiger partial charge in [0.25, 0.3) is 0 Å². The van der Waals surface area contributed by atoms with Gasteiger partial charge in [-0.25, -0.2) is 0 Å². The van der Waals surface area contributed by atoms with Crippen molar-refractivity contribution < 1.29 is 14.3 Å². The van der Waals surface area contributed by atoms with Crippen molar-refractivity contribution in [3.05, 3.63) is 0 Å². The maximum absolute atomic E-state index is 11.7. The van der Waals surface area contributed by atoms with E-state index in [2.05, 4.69) is 5.32 Å². The molecule has 1 aliphatic rings. The van der Waals surface area contributed by atoms with Crippen LogP contribution in [0.1, 0.15) is 32.6 Å². The molecule has 0 heterocycles. The molecule has 1 saturated carbocycles. The zero-order valence-electron chi connectivity index (χ0n) is 9.95. The Morgan fingerprint density at radius 3 is 2.59 bits per heavy atom. The summed E-state index contributed by atoms with van der Waals surface area (Å²) in [6.07, 6.45) is 2.34. The molecule has 0 atom stereocenters. The molecule has 3 N–H and O–H groups in total. The van der Waals surface area contributed by atoms with E-state index in [-0.39, 0.29) is 16.9 Å². The Morgan fingerprint density at radius 2 is 2.12 bits per heavy atom. The number of thiocarbonyl (C=S) groups is 1. The standard InChI is InChI=1S/C11H18N2O3S/c1-2-16-8(14)4-3-7-13-10(15)11(5-6-11)9(12)17/h2-7H2,1H3,(H2,12,17)(H,13,15). The van der Waals surface area contributed by atoms with E-state index in [1.807, 2.05) is 0 Å². The topological polar surface area (TPSA) is 81.4 Å². The van der Waals surface area contributed by atoms with Gasteiger partial charge in [0.1, 0.15) is 0 Å². The zero-order chi connectivity index (χ0) is 12.9. The molecule has 17 heavy (non-hydrogen) atoms. The maximum Gasteiger partial charge on any atom is 0.305 e. The number of amides is 1. The van der Waals surface area contributed by atoms with E-state index in [0.717, 1.165) is 12.8 Å². The summed E-state index contributed by atoms with van der Waals surface area (Å²) in [5, 5.41) is 2.75. The molecule has 1 fully saturated rings. The van der Waals surface area contributed by atoms with Crippen LogP contribution in [-0.2, 0) is 14.3 Å². The number of esters is 1. The molecule has 0 spiro atoms. The van der Waals surface area contributed by atoms with Crippen LogP contribution >= 0.6 is 12.2 Å². The van der Waals surface area contributed by atoms with Crippen LogP contribution in [-0.4, -0.2) is 30.0 Å². The predicted molar refractivity (Wildman–Crippen MR) is 67.3 cm³/mol. The van der Waals surface area contributed by atoms with Gasteiger partial charge in [-0.1, -0.05) is 12.2 Å². The van der Waals surface area contributed by atoms with Gasteiger partial charge < -0.3 is 15.8 Å². The molecule has 0 aliphatic heterocycles. The Labute approximate surface area is 106 Å². The van der Waals surface area contributed by atoms with Crippen molar-refractivity contribution in [3.8, 4) is 0 Å². The Bertz CT molecular complexity index is 327. The van der Waals surface area contributed by atoms with Crippen molar-refractivity contribution >= 4 is 29.1 Å². The Kier molecular flexibility index (Phi) is 4.86.